The number of amides is 1. The highest BCUT2D eigenvalue weighted by Crippen LogP contribution is 2.32. The van der Waals surface area contributed by atoms with E-state index in [-0.39, 0.29) is 18.0 Å². The average molecular weight is 348 g/mol. The summed E-state index contributed by atoms with van der Waals surface area (Å²) in [5, 5.41) is 2.64. The van der Waals surface area contributed by atoms with E-state index in [1.807, 2.05) is 13.1 Å². The van der Waals surface area contributed by atoms with E-state index in [1.54, 1.807) is 18.4 Å². The number of carbonyl (C=O) groups is 1. The second kappa shape index (κ2) is 7.99. The predicted octanol–water partition coefficient (Wildman–Crippen LogP) is 2.36. The fourth-order valence-corrected chi connectivity index (χ4v) is 3.67. The maximum atomic E-state index is 11.3. The van der Waals surface area contributed by atoms with Crippen LogP contribution in [0.5, 0.6) is 0 Å². The second-order valence-electron chi connectivity index (χ2n) is 4.56. The summed E-state index contributed by atoms with van der Waals surface area (Å²) in [6.07, 6.45) is 1.40. The summed E-state index contributed by atoms with van der Waals surface area (Å²) >= 11 is 5.19. The van der Waals surface area contributed by atoms with Gasteiger partial charge < -0.3 is 11.1 Å². The Bertz CT molecular complexity index is 410. The van der Waals surface area contributed by atoms with Crippen molar-refractivity contribution in [1.29, 1.82) is 0 Å². The van der Waals surface area contributed by atoms with Gasteiger partial charge in [0.05, 0.1) is 9.83 Å². The summed E-state index contributed by atoms with van der Waals surface area (Å²) in [4.78, 5) is 14.7. The zero-order valence-corrected chi connectivity index (χ0v) is 14.1. The molecule has 2 unspecified atom stereocenters. The first kappa shape index (κ1) is 16.6. The molecule has 1 amide bonds. The van der Waals surface area contributed by atoms with Crippen molar-refractivity contribution in [3.63, 3.8) is 0 Å². The van der Waals surface area contributed by atoms with Gasteiger partial charge in [0.15, 0.2) is 0 Å². The molecule has 1 aromatic rings. The Balaban J connectivity index is 2.76. The first-order valence-corrected chi connectivity index (χ1v) is 8.02. The van der Waals surface area contributed by atoms with E-state index in [0.29, 0.717) is 13.0 Å². The minimum atomic E-state index is 0.0584. The molecule has 19 heavy (non-hydrogen) atoms. The van der Waals surface area contributed by atoms with Crippen LogP contribution in [-0.4, -0.2) is 37.5 Å². The number of carbonyl (C=O) groups excluding carboxylic acids is 1. The SMILES string of the molecule is CCC(N)C(c1ccc(Br)s1)N(C)CCC(=O)NC. The molecule has 0 saturated heterocycles. The van der Waals surface area contributed by atoms with E-state index in [0.717, 1.165) is 10.2 Å². The molecular formula is C13H22BrN3OS. The van der Waals surface area contributed by atoms with Crippen LogP contribution in [-0.2, 0) is 4.79 Å². The van der Waals surface area contributed by atoms with Gasteiger partial charge in [-0.25, -0.2) is 0 Å². The molecule has 0 spiro atoms. The molecule has 108 valence electrons. The summed E-state index contributed by atoms with van der Waals surface area (Å²) < 4.78 is 1.11. The monoisotopic (exact) mass is 347 g/mol. The van der Waals surface area contributed by atoms with Gasteiger partial charge in [0.1, 0.15) is 0 Å². The quantitative estimate of drug-likeness (QED) is 0.795. The van der Waals surface area contributed by atoms with E-state index < -0.39 is 0 Å². The molecule has 6 heteroatoms. The number of likely N-dealkylation sites (N-methyl/N-ethyl adjacent to an activating group) is 1. The molecule has 1 heterocycles. The number of hydrogen-bond donors (Lipinski definition) is 2. The minimum Gasteiger partial charge on any atom is -0.359 e. The highest BCUT2D eigenvalue weighted by atomic mass is 79.9. The summed E-state index contributed by atoms with van der Waals surface area (Å²) in [5.41, 5.74) is 6.25. The van der Waals surface area contributed by atoms with E-state index in [9.17, 15) is 4.79 Å². The third kappa shape index (κ3) is 4.87. The van der Waals surface area contributed by atoms with Crippen molar-refractivity contribution in [2.45, 2.75) is 31.8 Å². The molecule has 4 nitrogen and oxygen atoms in total. The smallest absolute Gasteiger partial charge is 0.221 e. The second-order valence-corrected chi connectivity index (χ2v) is 7.06. The van der Waals surface area contributed by atoms with Gasteiger partial charge in [-0.1, -0.05) is 6.92 Å². The molecule has 1 rings (SSSR count). The van der Waals surface area contributed by atoms with Crippen molar-refractivity contribution in [1.82, 2.24) is 10.2 Å². The highest BCUT2D eigenvalue weighted by molar-refractivity contribution is 9.11. The van der Waals surface area contributed by atoms with Gasteiger partial charge in [0.25, 0.3) is 0 Å². The average Bonchev–Trinajstić information content (AvgIpc) is 2.82. The Morgan fingerprint density at radius 2 is 2.26 bits per heavy atom. The number of hydrogen-bond acceptors (Lipinski definition) is 4. The molecule has 3 N–H and O–H groups in total. The van der Waals surface area contributed by atoms with Crippen LogP contribution in [0.4, 0.5) is 0 Å². The Morgan fingerprint density at radius 1 is 1.58 bits per heavy atom. The van der Waals surface area contributed by atoms with E-state index in [2.05, 4.69) is 39.1 Å². The summed E-state index contributed by atoms with van der Waals surface area (Å²) in [6.45, 7) is 2.79. The molecule has 1 aromatic heterocycles. The summed E-state index contributed by atoms with van der Waals surface area (Å²) in [7, 11) is 3.69. The molecule has 0 saturated carbocycles. The van der Waals surface area contributed by atoms with Gasteiger partial charge in [-0.3, -0.25) is 9.69 Å². The molecule has 2 atom stereocenters. The lowest BCUT2D eigenvalue weighted by Gasteiger charge is -2.31. The van der Waals surface area contributed by atoms with Gasteiger partial charge in [0, 0.05) is 30.9 Å². The minimum absolute atomic E-state index is 0.0584. The fraction of sp³-hybridized carbons (Fsp3) is 0.615. The van der Waals surface area contributed by atoms with Crippen LogP contribution in [0.1, 0.15) is 30.7 Å². The Labute approximate surface area is 127 Å². The first-order valence-electron chi connectivity index (χ1n) is 6.41. The topological polar surface area (TPSA) is 58.4 Å². The van der Waals surface area contributed by atoms with Crippen LogP contribution in [0.15, 0.2) is 15.9 Å². The number of halogens is 1. The first-order chi connectivity index (χ1) is 8.99. The maximum Gasteiger partial charge on any atom is 0.221 e. The standard InChI is InChI=1S/C13H22BrN3OS/c1-4-9(15)13(10-5-6-11(14)19-10)17(3)8-7-12(18)16-2/h5-6,9,13H,4,7-8,15H2,1-3H3,(H,16,18). The van der Waals surface area contributed by atoms with Gasteiger partial charge in [0.2, 0.25) is 5.91 Å². The number of thiophene rings is 1. The summed E-state index contributed by atoms with van der Waals surface area (Å²) in [5.74, 6) is 0.0584. The number of nitrogens with two attached hydrogens (primary N) is 1. The van der Waals surface area contributed by atoms with E-state index in [4.69, 9.17) is 5.73 Å². The molecule has 0 aliphatic carbocycles. The van der Waals surface area contributed by atoms with Crippen LogP contribution in [0.2, 0.25) is 0 Å². The van der Waals surface area contributed by atoms with Crippen molar-refractivity contribution < 1.29 is 4.79 Å². The van der Waals surface area contributed by atoms with Gasteiger partial charge >= 0.3 is 0 Å². The van der Waals surface area contributed by atoms with Crippen LogP contribution in [0.3, 0.4) is 0 Å². The van der Waals surface area contributed by atoms with Crippen molar-refractivity contribution >= 4 is 33.2 Å². The fourth-order valence-electron chi connectivity index (χ4n) is 2.01. The Hall–Kier alpha value is -0.430. The van der Waals surface area contributed by atoms with Crippen molar-refractivity contribution in [2.24, 2.45) is 5.73 Å². The lowest BCUT2D eigenvalue weighted by atomic mass is 10.0. The Morgan fingerprint density at radius 3 is 2.74 bits per heavy atom. The molecule has 0 radical (unpaired) electrons. The third-order valence-corrected chi connectivity index (χ3v) is 4.90. The van der Waals surface area contributed by atoms with E-state index >= 15 is 0 Å². The molecule has 0 aromatic carbocycles. The van der Waals surface area contributed by atoms with E-state index in [1.165, 1.54) is 4.88 Å². The van der Waals surface area contributed by atoms with Gasteiger partial charge in [-0.05, 0) is 41.5 Å². The Kier molecular flexibility index (Phi) is 6.99. The highest BCUT2D eigenvalue weighted by Gasteiger charge is 2.24. The number of nitrogens with one attached hydrogen (secondary N) is 1. The van der Waals surface area contributed by atoms with Crippen molar-refractivity contribution in [3.8, 4) is 0 Å². The zero-order chi connectivity index (χ0) is 14.4. The molecule has 0 bridgehead atoms. The molecule has 0 fully saturated rings. The lowest BCUT2D eigenvalue weighted by Crippen LogP contribution is -2.39. The predicted molar refractivity (Wildman–Crippen MR) is 84.3 cm³/mol. The largest absolute Gasteiger partial charge is 0.359 e. The molecule has 0 aliphatic rings. The maximum absolute atomic E-state index is 11.3. The zero-order valence-electron chi connectivity index (χ0n) is 11.6. The lowest BCUT2D eigenvalue weighted by molar-refractivity contribution is -0.121. The van der Waals surface area contributed by atoms with Gasteiger partial charge in [-0.2, -0.15) is 0 Å². The van der Waals surface area contributed by atoms with Crippen LogP contribution < -0.4 is 11.1 Å². The molecule has 0 aliphatic heterocycles. The van der Waals surface area contributed by atoms with Crippen LogP contribution in [0, 0.1) is 0 Å². The van der Waals surface area contributed by atoms with Crippen LogP contribution >= 0.6 is 27.3 Å². The third-order valence-electron chi connectivity index (χ3n) is 3.21. The summed E-state index contributed by atoms with van der Waals surface area (Å²) in [6, 6.07) is 4.37. The van der Waals surface area contributed by atoms with Crippen molar-refractivity contribution in [2.75, 3.05) is 20.6 Å². The van der Waals surface area contributed by atoms with Gasteiger partial charge in [-0.15, -0.1) is 11.3 Å². The number of nitrogens with zero attached hydrogens (tertiary/aromatic N) is 1. The number of rotatable bonds is 7. The normalized spacial score (nSPS) is 14.4. The van der Waals surface area contributed by atoms with Crippen LogP contribution in [0.25, 0.3) is 0 Å². The van der Waals surface area contributed by atoms with Crippen molar-refractivity contribution in [3.05, 3.63) is 20.8 Å². The molecular weight excluding hydrogens is 326 g/mol.